The number of amidine groups is 1. The SMILES string of the molecule is C=N/C(CO)=N\C=C(/C)Cl. The van der Waals surface area contributed by atoms with Crippen molar-refractivity contribution in [3.63, 3.8) is 0 Å². The Hall–Kier alpha value is -0.670. The summed E-state index contributed by atoms with van der Waals surface area (Å²) in [5.41, 5.74) is 0. The summed E-state index contributed by atoms with van der Waals surface area (Å²) in [6, 6.07) is 0. The summed E-state index contributed by atoms with van der Waals surface area (Å²) in [6.07, 6.45) is 1.40. The summed E-state index contributed by atoms with van der Waals surface area (Å²) in [5, 5.41) is 9.04. The second-order valence-electron chi connectivity index (χ2n) is 1.58. The quantitative estimate of drug-likeness (QED) is 0.479. The van der Waals surface area contributed by atoms with E-state index in [1.54, 1.807) is 6.92 Å². The fourth-order valence-electron chi connectivity index (χ4n) is 0.295. The molecule has 0 unspecified atom stereocenters. The monoisotopic (exact) mass is 160 g/mol. The molecule has 4 heteroatoms. The van der Waals surface area contributed by atoms with Gasteiger partial charge in [-0.1, -0.05) is 11.6 Å². The van der Waals surface area contributed by atoms with Crippen LogP contribution in [-0.4, -0.2) is 24.3 Å². The van der Waals surface area contributed by atoms with Crippen LogP contribution in [0.3, 0.4) is 0 Å². The van der Waals surface area contributed by atoms with Gasteiger partial charge in [-0.15, -0.1) is 0 Å². The molecule has 0 fully saturated rings. The fraction of sp³-hybridized carbons (Fsp3) is 0.333. The first-order chi connectivity index (χ1) is 4.70. The lowest BCUT2D eigenvalue weighted by Gasteiger charge is -1.89. The Kier molecular flexibility index (Phi) is 4.80. The van der Waals surface area contributed by atoms with Gasteiger partial charge in [-0.3, -0.25) is 0 Å². The first-order valence-corrected chi connectivity index (χ1v) is 3.05. The van der Waals surface area contributed by atoms with E-state index >= 15 is 0 Å². The highest BCUT2D eigenvalue weighted by Gasteiger charge is 1.86. The Morgan fingerprint density at radius 2 is 2.40 bits per heavy atom. The van der Waals surface area contributed by atoms with Crippen LogP contribution in [0.2, 0.25) is 0 Å². The maximum absolute atomic E-state index is 8.50. The zero-order chi connectivity index (χ0) is 7.98. The smallest absolute Gasteiger partial charge is 0.152 e. The molecule has 56 valence electrons. The van der Waals surface area contributed by atoms with Gasteiger partial charge in [-0.2, -0.15) is 0 Å². The number of halogens is 1. The zero-order valence-electron chi connectivity index (χ0n) is 5.71. The molecule has 0 saturated carbocycles. The first-order valence-electron chi connectivity index (χ1n) is 2.67. The van der Waals surface area contributed by atoms with Crippen molar-refractivity contribution in [3.8, 4) is 0 Å². The van der Waals surface area contributed by atoms with Crippen molar-refractivity contribution in [2.45, 2.75) is 6.92 Å². The van der Waals surface area contributed by atoms with E-state index in [-0.39, 0.29) is 12.4 Å². The summed E-state index contributed by atoms with van der Waals surface area (Å²) in [6.45, 7) is 4.66. The maximum Gasteiger partial charge on any atom is 0.152 e. The molecule has 0 aliphatic rings. The molecule has 0 bridgehead atoms. The van der Waals surface area contributed by atoms with Gasteiger partial charge in [0, 0.05) is 11.2 Å². The lowest BCUT2D eigenvalue weighted by molar-refractivity contribution is 0.356. The van der Waals surface area contributed by atoms with Crippen LogP contribution in [0, 0.1) is 0 Å². The highest BCUT2D eigenvalue weighted by molar-refractivity contribution is 6.29. The van der Waals surface area contributed by atoms with Gasteiger partial charge in [0.05, 0.1) is 0 Å². The maximum atomic E-state index is 8.50. The number of nitrogens with zero attached hydrogens (tertiary/aromatic N) is 2. The Labute approximate surface area is 64.8 Å². The number of rotatable bonds is 2. The number of hydrogen-bond acceptors (Lipinski definition) is 2. The molecule has 0 aromatic carbocycles. The van der Waals surface area contributed by atoms with E-state index in [9.17, 15) is 0 Å². The normalized spacial score (nSPS) is 13.5. The molecule has 0 spiro atoms. The summed E-state index contributed by atoms with van der Waals surface area (Å²) in [4.78, 5) is 7.13. The molecule has 0 aliphatic heterocycles. The first kappa shape index (κ1) is 9.33. The molecule has 10 heavy (non-hydrogen) atoms. The van der Waals surface area contributed by atoms with Crippen LogP contribution in [0.15, 0.2) is 21.2 Å². The van der Waals surface area contributed by atoms with Crippen molar-refractivity contribution in [2.24, 2.45) is 9.98 Å². The molecule has 0 aromatic heterocycles. The average Bonchev–Trinajstić information content (AvgIpc) is 1.90. The van der Waals surface area contributed by atoms with Crippen molar-refractivity contribution in [1.29, 1.82) is 0 Å². The van der Waals surface area contributed by atoms with E-state index in [1.807, 2.05) is 0 Å². The lowest BCUT2D eigenvalue weighted by Crippen LogP contribution is -1.98. The van der Waals surface area contributed by atoms with Gasteiger partial charge in [-0.25, -0.2) is 9.98 Å². The summed E-state index contributed by atoms with van der Waals surface area (Å²) in [5.74, 6) is 0.264. The Balaban J connectivity index is 4.12. The average molecular weight is 161 g/mol. The molecule has 0 aromatic rings. The van der Waals surface area contributed by atoms with Crippen molar-refractivity contribution >= 4 is 24.2 Å². The van der Waals surface area contributed by atoms with Crippen molar-refractivity contribution in [1.82, 2.24) is 0 Å². The van der Waals surface area contributed by atoms with Gasteiger partial charge < -0.3 is 5.11 Å². The molecule has 1 N–H and O–H groups in total. The van der Waals surface area contributed by atoms with E-state index in [0.29, 0.717) is 5.03 Å². The lowest BCUT2D eigenvalue weighted by atomic mass is 10.6. The minimum absolute atomic E-state index is 0.218. The van der Waals surface area contributed by atoms with E-state index in [2.05, 4.69) is 16.7 Å². The van der Waals surface area contributed by atoms with E-state index in [1.165, 1.54) is 6.20 Å². The van der Waals surface area contributed by atoms with Gasteiger partial charge in [0.1, 0.15) is 6.61 Å². The van der Waals surface area contributed by atoms with Gasteiger partial charge in [-0.05, 0) is 13.6 Å². The third kappa shape index (κ3) is 4.23. The third-order valence-corrected chi connectivity index (χ3v) is 0.813. The predicted molar refractivity (Wildman–Crippen MR) is 43.7 cm³/mol. The van der Waals surface area contributed by atoms with Crippen LogP contribution in [0.5, 0.6) is 0 Å². The molecule has 0 heterocycles. The summed E-state index contributed by atoms with van der Waals surface area (Å²) >= 11 is 5.45. The molecule has 0 rings (SSSR count). The number of hydrogen-bond donors (Lipinski definition) is 1. The Morgan fingerprint density at radius 1 is 1.80 bits per heavy atom. The summed E-state index contributed by atoms with van der Waals surface area (Å²) < 4.78 is 0. The number of aliphatic hydroxyl groups is 1. The van der Waals surface area contributed by atoms with E-state index in [4.69, 9.17) is 16.7 Å². The second kappa shape index (κ2) is 5.14. The van der Waals surface area contributed by atoms with Gasteiger partial charge >= 0.3 is 0 Å². The second-order valence-corrected chi connectivity index (χ2v) is 2.17. The molecule has 0 aliphatic carbocycles. The Bertz CT molecular complexity index is 171. The third-order valence-electron chi connectivity index (χ3n) is 0.715. The molecular formula is C6H9ClN2O. The van der Waals surface area contributed by atoms with Crippen LogP contribution < -0.4 is 0 Å². The standard InChI is InChI=1S/C6H9ClN2O/c1-5(7)3-9-6(4-10)8-2/h3,10H,2,4H2,1H3/b5-3+,9-6-. The van der Waals surface area contributed by atoms with Crippen LogP contribution in [0.1, 0.15) is 6.92 Å². The predicted octanol–water partition coefficient (Wildman–Crippen LogP) is 1.18. The minimum Gasteiger partial charge on any atom is -0.388 e. The van der Waals surface area contributed by atoms with Crippen molar-refractivity contribution < 1.29 is 5.11 Å². The van der Waals surface area contributed by atoms with Gasteiger partial charge in [0.25, 0.3) is 0 Å². The van der Waals surface area contributed by atoms with E-state index in [0.717, 1.165) is 0 Å². The van der Waals surface area contributed by atoms with Crippen molar-refractivity contribution in [2.75, 3.05) is 6.61 Å². The van der Waals surface area contributed by atoms with Crippen LogP contribution in [0.4, 0.5) is 0 Å². The molecule has 3 nitrogen and oxygen atoms in total. The highest BCUT2D eigenvalue weighted by atomic mass is 35.5. The highest BCUT2D eigenvalue weighted by Crippen LogP contribution is 1.97. The topological polar surface area (TPSA) is 45.0 Å². The molecule has 0 radical (unpaired) electrons. The van der Waals surface area contributed by atoms with Gasteiger partial charge in [0.15, 0.2) is 5.84 Å². The summed E-state index contributed by atoms with van der Waals surface area (Å²) in [7, 11) is 0. The number of aliphatic hydroxyl groups excluding tert-OH is 1. The van der Waals surface area contributed by atoms with E-state index < -0.39 is 0 Å². The van der Waals surface area contributed by atoms with Crippen LogP contribution in [-0.2, 0) is 0 Å². The number of allylic oxidation sites excluding steroid dienone is 1. The number of aliphatic imine (C=N–C) groups is 2. The van der Waals surface area contributed by atoms with Gasteiger partial charge in [0.2, 0.25) is 0 Å². The fourth-order valence-corrected chi connectivity index (χ4v) is 0.344. The molecular weight excluding hydrogens is 152 g/mol. The van der Waals surface area contributed by atoms with Crippen molar-refractivity contribution in [3.05, 3.63) is 11.2 Å². The zero-order valence-corrected chi connectivity index (χ0v) is 6.47. The van der Waals surface area contributed by atoms with Crippen LogP contribution >= 0.6 is 11.6 Å². The minimum atomic E-state index is -0.218. The molecule has 0 saturated heterocycles. The van der Waals surface area contributed by atoms with Crippen LogP contribution in [0.25, 0.3) is 0 Å². The molecule has 0 amide bonds. The largest absolute Gasteiger partial charge is 0.388 e. The Morgan fingerprint density at radius 3 is 2.70 bits per heavy atom. The molecule has 0 atom stereocenters.